The zero-order chi connectivity index (χ0) is 15.9. The molecule has 0 saturated heterocycles. The van der Waals surface area contributed by atoms with Gasteiger partial charge < -0.3 is 20.1 Å². The standard InChI is InChI=1S/C15H26N4O3/c1-3-19-13(6-7-16-19)10-18(8-9-20)15(21)17-14-5-4-12(14)11-22-2/h6-7,12,14,20H,3-5,8-11H2,1-2H3,(H,17,21)/t12-,14-/m1/s1. The summed E-state index contributed by atoms with van der Waals surface area (Å²) in [5, 5.41) is 16.5. The molecule has 0 spiro atoms. The molecular weight excluding hydrogens is 284 g/mol. The van der Waals surface area contributed by atoms with Crippen LogP contribution in [-0.4, -0.2) is 58.7 Å². The van der Waals surface area contributed by atoms with Gasteiger partial charge in [-0.2, -0.15) is 5.10 Å². The van der Waals surface area contributed by atoms with E-state index in [0.29, 0.717) is 25.6 Å². The molecule has 7 nitrogen and oxygen atoms in total. The Labute approximate surface area is 131 Å². The Balaban J connectivity index is 1.93. The van der Waals surface area contributed by atoms with Crippen LogP contribution in [0.25, 0.3) is 0 Å². The number of methoxy groups -OCH3 is 1. The van der Waals surface area contributed by atoms with Gasteiger partial charge in [-0.3, -0.25) is 4.68 Å². The number of nitrogens with one attached hydrogen (secondary N) is 1. The Morgan fingerprint density at radius 2 is 2.41 bits per heavy atom. The van der Waals surface area contributed by atoms with Crippen molar-refractivity contribution in [1.29, 1.82) is 0 Å². The Morgan fingerprint density at radius 1 is 1.59 bits per heavy atom. The third-order valence-electron chi connectivity index (χ3n) is 4.22. The number of hydrogen-bond donors (Lipinski definition) is 2. The van der Waals surface area contributed by atoms with E-state index in [1.165, 1.54) is 0 Å². The summed E-state index contributed by atoms with van der Waals surface area (Å²) in [6, 6.07) is 1.94. The normalized spacial score (nSPS) is 20.5. The van der Waals surface area contributed by atoms with Crippen molar-refractivity contribution < 1.29 is 14.6 Å². The van der Waals surface area contributed by atoms with Crippen molar-refractivity contribution in [1.82, 2.24) is 20.0 Å². The summed E-state index contributed by atoms with van der Waals surface area (Å²) in [4.78, 5) is 14.1. The van der Waals surface area contributed by atoms with Crippen LogP contribution in [0.5, 0.6) is 0 Å². The number of aliphatic hydroxyl groups is 1. The molecule has 124 valence electrons. The van der Waals surface area contributed by atoms with Crippen molar-refractivity contribution >= 4 is 6.03 Å². The average molecular weight is 310 g/mol. The van der Waals surface area contributed by atoms with E-state index in [1.54, 1.807) is 18.2 Å². The smallest absolute Gasteiger partial charge is 0.318 e. The molecule has 1 heterocycles. The summed E-state index contributed by atoms with van der Waals surface area (Å²) in [5.41, 5.74) is 0.966. The second-order valence-corrected chi connectivity index (χ2v) is 5.63. The lowest BCUT2D eigenvalue weighted by Crippen LogP contribution is -2.53. The van der Waals surface area contributed by atoms with Crippen molar-refractivity contribution in [3.8, 4) is 0 Å². The maximum atomic E-state index is 12.4. The molecule has 2 rings (SSSR count). The summed E-state index contributed by atoms with van der Waals surface area (Å²) in [5.74, 6) is 0.395. The minimum atomic E-state index is -0.135. The van der Waals surface area contributed by atoms with Crippen LogP contribution in [0.3, 0.4) is 0 Å². The van der Waals surface area contributed by atoms with Crippen LogP contribution < -0.4 is 5.32 Å². The number of aliphatic hydroxyl groups excluding tert-OH is 1. The maximum absolute atomic E-state index is 12.4. The number of carbonyl (C=O) groups excluding carboxylic acids is 1. The summed E-state index contributed by atoms with van der Waals surface area (Å²) in [7, 11) is 1.68. The van der Waals surface area contributed by atoms with Crippen LogP contribution in [0.15, 0.2) is 12.3 Å². The van der Waals surface area contributed by atoms with E-state index in [0.717, 1.165) is 25.1 Å². The van der Waals surface area contributed by atoms with Gasteiger partial charge in [-0.05, 0) is 25.8 Å². The molecule has 0 radical (unpaired) electrons. The molecule has 2 amide bonds. The van der Waals surface area contributed by atoms with Crippen molar-refractivity contribution in [3.05, 3.63) is 18.0 Å². The fraction of sp³-hybridized carbons (Fsp3) is 0.733. The quantitative estimate of drug-likeness (QED) is 0.745. The fourth-order valence-electron chi connectivity index (χ4n) is 2.77. The minimum Gasteiger partial charge on any atom is -0.395 e. The van der Waals surface area contributed by atoms with Gasteiger partial charge in [-0.25, -0.2) is 4.79 Å². The highest BCUT2D eigenvalue weighted by Gasteiger charge is 2.33. The van der Waals surface area contributed by atoms with Gasteiger partial charge in [0.1, 0.15) is 0 Å². The molecule has 22 heavy (non-hydrogen) atoms. The van der Waals surface area contributed by atoms with E-state index in [9.17, 15) is 9.90 Å². The molecule has 0 aromatic carbocycles. The van der Waals surface area contributed by atoms with Crippen LogP contribution in [0.2, 0.25) is 0 Å². The van der Waals surface area contributed by atoms with E-state index in [-0.39, 0.29) is 18.7 Å². The molecule has 1 aromatic heterocycles. The van der Waals surface area contributed by atoms with Gasteiger partial charge in [0.25, 0.3) is 0 Å². The second kappa shape index (κ2) is 8.14. The van der Waals surface area contributed by atoms with E-state index in [4.69, 9.17) is 4.74 Å². The SMILES string of the molecule is CCn1nccc1CN(CCO)C(=O)N[C@@H]1CC[C@@H]1COC. The number of carbonyl (C=O) groups is 1. The summed E-state index contributed by atoms with van der Waals surface area (Å²) >= 11 is 0. The van der Waals surface area contributed by atoms with E-state index in [2.05, 4.69) is 10.4 Å². The van der Waals surface area contributed by atoms with Gasteiger partial charge in [0.2, 0.25) is 0 Å². The minimum absolute atomic E-state index is 0.0557. The Bertz CT molecular complexity index is 477. The van der Waals surface area contributed by atoms with Gasteiger partial charge in [0.15, 0.2) is 0 Å². The highest BCUT2D eigenvalue weighted by atomic mass is 16.5. The summed E-state index contributed by atoms with van der Waals surface area (Å²) in [6.07, 6.45) is 3.80. The van der Waals surface area contributed by atoms with Crippen LogP contribution >= 0.6 is 0 Å². The monoisotopic (exact) mass is 310 g/mol. The van der Waals surface area contributed by atoms with E-state index in [1.807, 2.05) is 17.7 Å². The molecule has 0 unspecified atom stereocenters. The molecule has 2 N–H and O–H groups in total. The van der Waals surface area contributed by atoms with Crippen LogP contribution in [0.1, 0.15) is 25.5 Å². The number of hydrogen-bond acceptors (Lipinski definition) is 4. The van der Waals surface area contributed by atoms with E-state index >= 15 is 0 Å². The predicted molar refractivity (Wildman–Crippen MR) is 82.3 cm³/mol. The zero-order valence-corrected chi connectivity index (χ0v) is 13.4. The highest BCUT2D eigenvalue weighted by molar-refractivity contribution is 5.74. The number of rotatable bonds is 8. The third kappa shape index (κ3) is 3.98. The molecule has 7 heteroatoms. The molecule has 0 bridgehead atoms. The number of amides is 2. The van der Waals surface area contributed by atoms with Gasteiger partial charge in [0, 0.05) is 38.4 Å². The lowest BCUT2D eigenvalue weighted by atomic mass is 9.80. The molecule has 2 atom stereocenters. The fourth-order valence-corrected chi connectivity index (χ4v) is 2.77. The predicted octanol–water partition coefficient (Wildman–Crippen LogP) is 0.832. The van der Waals surface area contributed by atoms with Crippen LogP contribution in [0.4, 0.5) is 4.79 Å². The topological polar surface area (TPSA) is 79.6 Å². The Hall–Kier alpha value is -1.60. The zero-order valence-electron chi connectivity index (χ0n) is 13.4. The lowest BCUT2D eigenvalue weighted by molar-refractivity contribution is 0.0784. The van der Waals surface area contributed by atoms with Crippen molar-refractivity contribution in [2.24, 2.45) is 5.92 Å². The number of ether oxygens (including phenoxy) is 1. The Morgan fingerprint density at radius 3 is 3.00 bits per heavy atom. The number of nitrogens with zero attached hydrogens (tertiary/aromatic N) is 3. The molecular formula is C15H26N4O3. The second-order valence-electron chi connectivity index (χ2n) is 5.63. The molecule has 1 aliphatic carbocycles. The molecule has 1 saturated carbocycles. The maximum Gasteiger partial charge on any atom is 0.318 e. The molecule has 1 fully saturated rings. The number of urea groups is 1. The van der Waals surface area contributed by atoms with Crippen LogP contribution in [-0.2, 0) is 17.8 Å². The first kappa shape index (κ1) is 16.8. The van der Waals surface area contributed by atoms with Crippen molar-refractivity contribution in [2.45, 2.75) is 38.9 Å². The first-order valence-corrected chi connectivity index (χ1v) is 7.85. The number of aryl methyl sites for hydroxylation is 1. The first-order chi connectivity index (χ1) is 10.7. The van der Waals surface area contributed by atoms with Gasteiger partial charge in [-0.1, -0.05) is 0 Å². The number of aromatic nitrogens is 2. The van der Waals surface area contributed by atoms with Crippen molar-refractivity contribution in [3.63, 3.8) is 0 Å². The average Bonchev–Trinajstić information content (AvgIpc) is 2.95. The molecule has 1 aromatic rings. The third-order valence-corrected chi connectivity index (χ3v) is 4.22. The summed E-state index contributed by atoms with van der Waals surface area (Å²) < 4.78 is 7.02. The highest BCUT2D eigenvalue weighted by Crippen LogP contribution is 2.27. The van der Waals surface area contributed by atoms with Gasteiger partial charge >= 0.3 is 6.03 Å². The molecule has 0 aliphatic heterocycles. The van der Waals surface area contributed by atoms with Crippen molar-refractivity contribution in [2.75, 3.05) is 26.9 Å². The van der Waals surface area contributed by atoms with Gasteiger partial charge in [-0.15, -0.1) is 0 Å². The largest absolute Gasteiger partial charge is 0.395 e. The van der Waals surface area contributed by atoms with Crippen LogP contribution in [0, 0.1) is 5.92 Å². The lowest BCUT2D eigenvalue weighted by Gasteiger charge is -2.38. The first-order valence-electron chi connectivity index (χ1n) is 7.85. The molecule has 1 aliphatic rings. The van der Waals surface area contributed by atoms with E-state index < -0.39 is 0 Å². The summed E-state index contributed by atoms with van der Waals surface area (Å²) in [6.45, 7) is 4.14. The van der Waals surface area contributed by atoms with Gasteiger partial charge in [0.05, 0.1) is 25.5 Å². The Kier molecular flexibility index (Phi) is 6.21.